The average molecular weight is 796 g/mol. The largest absolute Gasteiger partial charge is 0.448 e. The molecule has 0 aliphatic rings. The van der Waals surface area contributed by atoms with Gasteiger partial charge in [0, 0.05) is 6.42 Å². The van der Waals surface area contributed by atoms with Crippen molar-refractivity contribution in [2.24, 2.45) is 17.4 Å². The molecule has 0 aliphatic carbocycles. The molecule has 0 saturated heterocycles. The Morgan fingerprint density at radius 1 is 0.768 bits per heavy atom. The van der Waals surface area contributed by atoms with Gasteiger partial charge in [-0.3, -0.25) is 9.59 Å². The van der Waals surface area contributed by atoms with Crippen LogP contribution >= 0.6 is 0 Å². The second-order valence-electron chi connectivity index (χ2n) is 14.0. The third kappa shape index (κ3) is 13.7. The topological polar surface area (TPSA) is 212 Å². The number of carbonyl (C=O) groups is 4. The van der Waals surface area contributed by atoms with Crippen molar-refractivity contribution in [3.05, 3.63) is 102 Å². The van der Waals surface area contributed by atoms with E-state index in [0.29, 0.717) is 41.2 Å². The predicted octanol–water partition coefficient (Wildman–Crippen LogP) is 4.66. The first kappa shape index (κ1) is 45.6. The quantitative estimate of drug-likeness (QED) is 0.103. The number of nitrogens with two attached hydrogens (primary N) is 2. The predicted molar refractivity (Wildman–Crippen MR) is 212 cm³/mol. The Kier molecular flexibility index (Phi) is 18.9. The molecule has 3 aromatic carbocycles. The molecular weight excluding hydrogens is 739 g/mol. The lowest BCUT2D eigenvalue weighted by Crippen LogP contribution is -2.59. The number of carbonyl (C=O) groups excluding carboxylic acids is 4. The van der Waals surface area contributed by atoms with E-state index in [1.165, 1.54) is 12.1 Å². The molecule has 0 fully saturated rings. The summed E-state index contributed by atoms with van der Waals surface area (Å²) in [5.41, 5.74) is 13.5. The highest BCUT2D eigenvalue weighted by atomic mass is 32.2. The van der Waals surface area contributed by atoms with E-state index in [9.17, 15) is 32.7 Å². The number of hydrogen-bond acceptors (Lipinski definition) is 11. The van der Waals surface area contributed by atoms with Crippen LogP contribution in [0, 0.1) is 12.8 Å². The van der Waals surface area contributed by atoms with Crippen molar-refractivity contribution in [2.75, 3.05) is 26.3 Å². The van der Waals surface area contributed by atoms with Crippen molar-refractivity contribution >= 4 is 34.0 Å². The molecule has 0 saturated carbocycles. The van der Waals surface area contributed by atoms with Gasteiger partial charge in [-0.2, -0.15) is 4.31 Å². The van der Waals surface area contributed by atoms with Gasteiger partial charge in [-0.15, -0.1) is 0 Å². The summed E-state index contributed by atoms with van der Waals surface area (Å²) in [6.07, 6.45) is -0.719. The van der Waals surface area contributed by atoms with Crippen LogP contribution in [0.2, 0.25) is 0 Å². The van der Waals surface area contributed by atoms with Crippen LogP contribution in [0.25, 0.3) is 0 Å². The number of aliphatic hydroxyl groups excluding tert-OH is 1. The molecule has 0 bridgehead atoms. The Balaban J connectivity index is 2.13. The number of ether oxygens (including phenoxy) is 2. The fraction of sp³-hybridized carbons (Fsp3) is 0.463. The molecule has 6 N–H and O–H groups in total. The van der Waals surface area contributed by atoms with Crippen LogP contribution in [-0.2, 0) is 42.1 Å². The number of sulfonamides is 1. The van der Waals surface area contributed by atoms with Crippen molar-refractivity contribution in [1.29, 1.82) is 0 Å². The van der Waals surface area contributed by atoms with E-state index >= 15 is 0 Å². The van der Waals surface area contributed by atoms with Gasteiger partial charge in [-0.05, 0) is 81.3 Å². The Morgan fingerprint density at radius 3 is 1.89 bits per heavy atom. The summed E-state index contributed by atoms with van der Waals surface area (Å²) >= 11 is 0. The molecule has 0 aliphatic heterocycles. The number of aliphatic hydroxyl groups is 1. The van der Waals surface area contributed by atoms with Gasteiger partial charge >= 0.3 is 12.2 Å². The minimum atomic E-state index is -4.70. The summed E-state index contributed by atoms with van der Waals surface area (Å²) in [6, 6.07) is 19.1. The van der Waals surface area contributed by atoms with E-state index in [1.54, 1.807) is 93.6 Å². The van der Waals surface area contributed by atoms with Crippen molar-refractivity contribution < 1.29 is 42.2 Å². The lowest BCUT2D eigenvalue weighted by Gasteiger charge is -2.34. The van der Waals surface area contributed by atoms with Crippen LogP contribution in [0.4, 0.5) is 9.59 Å². The van der Waals surface area contributed by atoms with Gasteiger partial charge in [0.15, 0.2) is 0 Å². The molecule has 0 aromatic heterocycles. The van der Waals surface area contributed by atoms with Gasteiger partial charge in [0.05, 0.1) is 24.2 Å². The van der Waals surface area contributed by atoms with Gasteiger partial charge in [-0.1, -0.05) is 98.6 Å². The Bertz CT molecular complexity index is 1780. The second kappa shape index (κ2) is 23.3. The number of benzene rings is 3. The summed E-state index contributed by atoms with van der Waals surface area (Å²) in [4.78, 5) is 57.6. The van der Waals surface area contributed by atoms with Crippen molar-refractivity contribution in [1.82, 2.24) is 14.5 Å². The molecule has 14 nitrogen and oxygen atoms in total. The maximum Gasteiger partial charge on any atom is 0.424 e. The molecular formula is C41H57N5O9S. The first-order chi connectivity index (χ1) is 26.8. The smallest absolute Gasteiger partial charge is 0.424 e. The van der Waals surface area contributed by atoms with Gasteiger partial charge in [0.25, 0.3) is 15.9 Å². The van der Waals surface area contributed by atoms with Gasteiger partial charge in [0.2, 0.25) is 5.91 Å². The summed E-state index contributed by atoms with van der Waals surface area (Å²) in [5.74, 6) is -2.03. The molecule has 15 heteroatoms. The average Bonchev–Trinajstić information content (AvgIpc) is 3.18. The number of hydrogen-bond donors (Lipinski definition) is 4. The summed E-state index contributed by atoms with van der Waals surface area (Å²) in [6.45, 7) is 5.02. The molecule has 3 rings (SSSR count). The fourth-order valence-electron chi connectivity index (χ4n) is 5.87. The summed E-state index contributed by atoms with van der Waals surface area (Å²) < 4.78 is 40.1. The van der Waals surface area contributed by atoms with Gasteiger partial charge in [-0.25, -0.2) is 22.9 Å². The zero-order chi connectivity index (χ0) is 41.1. The Hall–Kier alpha value is -4.83. The highest BCUT2D eigenvalue weighted by Crippen LogP contribution is 2.24. The van der Waals surface area contributed by atoms with E-state index in [2.05, 4.69) is 5.32 Å². The van der Waals surface area contributed by atoms with Gasteiger partial charge < -0.3 is 31.4 Å². The van der Waals surface area contributed by atoms with Crippen LogP contribution in [0.1, 0.15) is 69.1 Å². The molecule has 0 heterocycles. The normalized spacial score (nSPS) is 13.0. The van der Waals surface area contributed by atoms with E-state index in [4.69, 9.17) is 20.9 Å². The van der Waals surface area contributed by atoms with E-state index in [1.807, 2.05) is 0 Å². The minimum Gasteiger partial charge on any atom is -0.448 e. The fourth-order valence-corrected chi connectivity index (χ4v) is 7.37. The molecule has 4 amide bonds. The number of imide groups is 1. The number of rotatable bonds is 22. The van der Waals surface area contributed by atoms with Crippen molar-refractivity contribution in [2.45, 2.75) is 95.3 Å². The Labute approximate surface area is 330 Å². The third-order valence-electron chi connectivity index (χ3n) is 8.92. The van der Waals surface area contributed by atoms with Crippen LogP contribution in [0.15, 0.2) is 89.8 Å². The zero-order valence-corrected chi connectivity index (χ0v) is 33.4. The lowest BCUT2D eigenvalue weighted by atomic mass is 10.0. The van der Waals surface area contributed by atoms with Crippen LogP contribution < -0.4 is 16.8 Å². The first-order valence-corrected chi connectivity index (χ1v) is 20.4. The number of nitrogens with one attached hydrogen (secondary N) is 1. The number of unbranched alkanes of at least 4 members (excludes halogenated alkanes) is 2. The minimum absolute atomic E-state index is 0.127. The molecule has 0 spiro atoms. The molecule has 3 aromatic rings. The molecule has 306 valence electrons. The van der Waals surface area contributed by atoms with Crippen LogP contribution in [0.5, 0.6) is 0 Å². The summed E-state index contributed by atoms with van der Waals surface area (Å²) in [5, 5.41) is 13.2. The number of aryl methyl sites for hydroxylation is 1. The van der Waals surface area contributed by atoms with E-state index < -0.39 is 58.8 Å². The van der Waals surface area contributed by atoms with E-state index in [0.717, 1.165) is 10.5 Å². The lowest BCUT2D eigenvalue weighted by molar-refractivity contribution is -0.138. The molecule has 3 atom stereocenters. The van der Waals surface area contributed by atoms with Gasteiger partial charge in [0.1, 0.15) is 18.7 Å². The third-order valence-corrected chi connectivity index (χ3v) is 10.7. The molecule has 0 radical (unpaired) electrons. The number of nitrogens with zero attached hydrogens (tertiary/aromatic N) is 2. The molecule has 0 unspecified atom stereocenters. The Morgan fingerprint density at radius 2 is 1.34 bits per heavy atom. The highest BCUT2D eigenvalue weighted by molar-refractivity contribution is 7.89. The number of amides is 4. The monoisotopic (exact) mass is 795 g/mol. The first-order valence-electron chi connectivity index (χ1n) is 19.0. The maximum atomic E-state index is 14.7. The molecule has 56 heavy (non-hydrogen) atoms. The zero-order valence-electron chi connectivity index (χ0n) is 32.5. The summed E-state index contributed by atoms with van der Waals surface area (Å²) in [7, 11) is -4.70. The standard InChI is InChI=1S/C41H57N5O9S/c1-30(2)28-54-41(51)46(56(52,53)35-22-20-31(3)21-23-35)37(19-11-13-25-43)38(48)44-36(26-32-14-6-4-7-15-32)39(49)45(34(27-47)18-10-12-24-42)40(50)55-29-33-16-8-5-9-17-33/h4-9,14-17,20-23,30,34,36-37,47H,10-13,18-19,24-29,42-43H2,1-3H3,(H,44,48)/t34-,36-,37+/m0/s1. The van der Waals surface area contributed by atoms with Crippen molar-refractivity contribution in [3.63, 3.8) is 0 Å². The van der Waals surface area contributed by atoms with Crippen molar-refractivity contribution in [3.8, 4) is 0 Å². The SMILES string of the molecule is Cc1ccc(S(=O)(=O)N(C(=O)OCC(C)C)[C@H](CCCCN)C(=O)N[C@@H](Cc2ccccc2)C(=O)N(C(=O)OCc2ccccc2)[C@H](CO)CCCCN)cc1. The maximum absolute atomic E-state index is 14.7. The van der Waals surface area contributed by atoms with Crippen LogP contribution in [0.3, 0.4) is 0 Å². The second-order valence-corrected chi connectivity index (χ2v) is 15.8. The van der Waals surface area contributed by atoms with E-state index in [-0.39, 0.29) is 56.3 Å². The highest BCUT2D eigenvalue weighted by Gasteiger charge is 2.43. The van der Waals surface area contributed by atoms with Crippen LogP contribution in [-0.4, -0.2) is 91.2 Å².